The van der Waals surface area contributed by atoms with Crippen LogP contribution in [0.25, 0.3) is 0 Å². The highest BCUT2D eigenvalue weighted by atomic mass is 15.2. The van der Waals surface area contributed by atoms with Gasteiger partial charge in [-0.05, 0) is 25.5 Å². The van der Waals surface area contributed by atoms with Gasteiger partial charge in [0.25, 0.3) is 0 Å². The molecule has 0 spiro atoms. The van der Waals surface area contributed by atoms with Crippen LogP contribution in [0.3, 0.4) is 0 Å². The Kier molecular flexibility index (Phi) is 5.12. The molecule has 0 saturated carbocycles. The first-order valence-electron chi connectivity index (χ1n) is 5.59. The first-order chi connectivity index (χ1) is 7.26. The van der Waals surface area contributed by atoms with E-state index in [0.717, 1.165) is 31.5 Å². The van der Waals surface area contributed by atoms with Crippen LogP contribution in [0.2, 0.25) is 0 Å². The molecule has 84 valence electrons. The summed E-state index contributed by atoms with van der Waals surface area (Å²) >= 11 is 0. The van der Waals surface area contributed by atoms with Gasteiger partial charge in [0.05, 0.1) is 5.69 Å². The molecule has 3 nitrogen and oxygen atoms in total. The highest BCUT2D eigenvalue weighted by molar-refractivity contribution is 5.02. The van der Waals surface area contributed by atoms with E-state index >= 15 is 0 Å². The highest BCUT2D eigenvalue weighted by Crippen LogP contribution is 2.03. The van der Waals surface area contributed by atoms with E-state index in [4.69, 9.17) is 0 Å². The number of rotatable bonds is 7. The van der Waals surface area contributed by atoms with Crippen molar-refractivity contribution in [3.8, 4) is 0 Å². The molecule has 1 N–H and O–H groups in total. The SMILES string of the molecule is C=CCC(Cc1ccn(C)n1)NCCC. The molecule has 1 heterocycles. The summed E-state index contributed by atoms with van der Waals surface area (Å²) in [6.45, 7) is 7.03. The second-order valence-corrected chi connectivity index (χ2v) is 3.86. The Labute approximate surface area is 92.2 Å². The fraction of sp³-hybridized carbons (Fsp3) is 0.583. The zero-order valence-electron chi connectivity index (χ0n) is 9.74. The zero-order chi connectivity index (χ0) is 11.1. The minimum absolute atomic E-state index is 0.470. The molecule has 0 aromatic carbocycles. The van der Waals surface area contributed by atoms with E-state index in [0.29, 0.717) is 6.04 Å². The minimum Gasteiger partial charge on any atom is -0.313 e. The van der Waals surface area contributed by atoms with E-state index < -0.39 is 0 Å². The molecule has 0 saturated heterocycles. The summed E-state index contributed by atoms with van der Waals surface area (Å²) in [5.41, 5.74) is 1.15. The third kappa shape index (κ3) is 4.30. The lowest BCUT2D eigenvalue weighted by molar-refractivity contribution is 0.505. The smallest absolute Gasteiger partial charge is 0.0640 e. The monoisotopic (exact) mass is 207 g/mol. The second kappa shape index (κ2) is 6.40. The number of hydrogen-bond acceptors (Lipinski definition) is 2. The fourth-order valence-electron chi connectivity index (χ4n) is 1.61. The maximum atomic E-state index is 4.38. The molecule has 1 unspecified atom stereocenters. The summed E-state index contributed by atoms with van der Waals surface area (Å²) in [6, 6.07) is 2.54. The number of hydrogen-bond donors (Lipinski definition) is 1. The van der Waals surface area contributed by atoms with Crippen LogP contribution >= 0.6 is 0 Å². The van der Waals surface area contributed by atoms with Crippen LogP contribution < -0.4 is 5.32 Å². The van der Waals surface area contributed by atoms with Gasteiger partial charge in [0.1, 0.15) is 0 Å². The molecule has 0 radical (unpaired) electrons. The Morgan fingerprint density at radius 2 is 2.47 bits per heavy atom. The van der Waals surface area contributed by atoms with Crippen molar-refractivity contribution in [1.29, 1.82) is 0 Å². The second-order valence-electron chi connectivity index (χ2n) is 3.86. The van der Waals surface area contributed by atoms with Gasteiger partial charge in [-0.2, -0.15) is 5.10 Å². The van der Waals surface area contributed by atoms with Gasteiger partial charge in [-0.15, -0.1) is 6.58 Å². The summed E-state index contributed by atoms with van der Waals surface area (Å²) in [5, 5.41) is 7.89. The molecule has 1 atom stereocenters. The van der Waals surface area contributed by atoms with E-state index in [2.05, 4.69) is 30.0 Å². The highest BCUT2D eigenvalue weighted by Gasteiger charge is 2.08. The predicted octanol–water partition coefficient (Wildman–Crippen LogP) is 1.91. The van der Waals surface area contributed by atoms with E-state index in [1.165, 1.54) is 0 Å². The third-order valence-corrected chi connectivity index (χ3v) is 2.36. The molecule has 0 fully saturated rings. The molecular formula is C12H21N3. The van der Waals surface area contributed by atoms with Gasteiger partial charge in [0, 0.05) is 25.7 Å². The number of nitrogens with zero attached hydrogens (tertiary/aromatic N) is 2. The van der Waals surface area contributed by atoms with E-state index in [1.54, 1.807) is 0 Å². The van der Waals surface area contributed by atoms with Crippen molar-refractivity contribution in [3.63, 3.8) is 0 Å². The summed E-state index contributed by atoms with van der Waals surface area (Å²) < 4.78 is 1.85. The topological polar surface area (TPSA) is 29.9 Å². The molecule has 1 rings (SSSR count). The number of nitrogens with one attached hydrogen (secondary N) is 1. The average molecular weight is 207 g/mol. The van der Waals surface area contributed by atoms with Crippen molar-refractivity contribution >= 4 is 0 Å². The van der Waals surface area contributed by atoms with Crippen molar-refractivity contribution in [2.75, 3.05) is 6.54 Å². The van der Waals surface area contributed by atoms with E-state index in [-0.39, 0.29) is 0 Å². The van der Waals surface area contributed by atoms with Crippen LogP contribution in [0.15, 0.2) is 24.9 Å². The van der Waals surface area contributed by atoms with Crippen molar-refractivity contribution in [2.45, 2.75) is 32.2 Å². The molecule has 0 aliphatic heterocycles. The largest absolute Gasteiger partial charge is 0.313 e. The standard InChI is InChI=1S/C12H21N3/c1-4-6-11(13-8-5-2)10-12-7-9-15(3)14-12/h4,7,9,11,13H,1,5-6,8,10H2,2-3H3. The van der Waals surface area contributed by atoms with Crippen molar-refractivity contribution in [3.05, 3.63) is 30.6 Å². The Balaban J connectivity index is 2.46. The quantitative estimate of drug-likeness (QED) is 0.692. The van der Waals surface area contributed by atoms with E-state index in [9.17, 15) is 0 Å². The average Bonchev–Trinajstić information content (AvgIpc) is 2.61. The van der Waals surface area contributed by atoms with Gasteiger partial charge < -0.3 is 5.32 Å². The number of aromatic nitrogens is 2. The number of aryl methyl sites for hydroxylation is 1. The maximum Gasteiger partial charge on any atom is 0.0640 e. The van der Waals surface area contributed by atoms with Crippen LogP contribution in [0, 0.1) is 0 Å². The Morgan fingerprint density at radius 3 is 3.00 bits per heavy atom. The lowest BCUT2D eigenvalue weighted by Gasteiger charge is -2.15. The van der Waals surface area contributed by atoms with Crippen LogP contribution in [-0.2, 0) is 13.5 Å². The van der Waals surface area contributed by atoms with Gasteiger partial charge >= 0.3 is 0 Å². The molecule has 0 aliphatic carbocycles. The molecule has 1 aromatic heterocycles. The molecule has 0 amide bonds. The third-order valence-electron chi connectivity index (χ3n) is 2.36. The zero-order valence-corrected chi connectivity index (χ0v) is 9.74. The molecule has 0 aliphatic rings. The van der Waals surface area contributed by atoms with Crippen LogP contribution in [0.1, 0.15) is 25.5 Å². The molecule has 15 heavy (non-hydrogen) atoms. The summed E-state index contributed by atoms with van der Waals surface area (Å²) in [7, 11) is 1.95. The van der Waals surface area contributed by atoms with Crippen LogP contribution in [-0.4, -0.2) is 22.4 Å². The van der Waals surface area contributed by atoms with Gasteiger partial charge in [-0.1, -0.05) is 13.0 Å². The van der Waals surface area contributed by atoms with E-state index in [1.807, 2.05) is 24.0 Å². The Morgan fingerprint density at radius 1 is 1.67 bits per heavy atom. The maximum absolute atomic E-state index is 4.38. The molecule has 1 aromatic rings. The predicted molar refractivity (Wildman–Crippen MR) is 63.8 cm³/mol. The van der Waals surface area contributed by atoms with Crippen LogP contribution in [0.5, 0.6) is 0 Å². The summed E-state index contributed by atoms with van der Waals surface area (Å²) in [5.74, 6) is 0. The fourth-order valence-corrected chi connectivity index (χ4v) is 1.61. The van der Waals surface area contributed by atoms with Crippen molar-refractivity contribution in [2.24, 2.45) is 7.05 Å². The summed E-state index contributed by atoms with van der Waals surface area (Å²) in [6.07, 6.45) is 7.09. The molecule has 3 heteroatoms. The van der Waals surface area contributed by atoms with Gasteiger partial charge in [-0.25, -0.2) is 0 Å². The Hall–Kier alpha value is -1.09. The summed E-state index contributed by atoms with van der Waals surface area (Å²) in [4.78, 5) is 0. The lowest BCUT2D eigenvalue weighted by atomic mass is 10.1. The van der Waals surface area contributed by atoms with Gasteiger partial charge in [0.15, 0.2) is 0 Å². The first kappa shape index (κ1) is 12.0. The first-order valence-corrected chi connectivity index (χ1v) is 5.59. The van der Waals surface area contributed by atoms with Gasteiger partial charge in [0.2, 0.25) is 0 Å². The molecular weight excluding hydrogens is 186 g/mol. The van der Waals surface area contributed by atoms with Crippen LogP contribution in [0.4, 0.5) is 0 Å². The van der Waals surface area contributed by atoms with Crippen molar-refractivity contribution < 1.29 is 0 Å². The lowest BCUT2D eigenvalue weighted by Crippen LogP contribution is -2.31. The minimum atomic E-state index is 0.470. The Bertz CT molecular complexity index is 291. The van der Waals surface area contributed by atoms with Crippen molar-refractivity contribution in [1.82, 2.24) is 15.1 Å². The van der Waals surface area contributed by atoms with Gasteiger partial charge in [-0.3, -0.25) is 4.68 Å². The molecule has 0 bridgehead atoms. The normalized spacial score (nSPS) is 12.7.